The van der Waals surface area contributed by atoms with Crippen molar-refractivity contribution in [2.24, 2.45) is 0 Å². The highest BCUT2D eigenvalue weighted by atomic mass is 16.6. The lowest BCUT2D eigenvalue weighted by Gasteiger charge is -2.20. The SMILES string of the molecule is Cc1cc(OC=O)cc(CNC(=O)OC(C)(C)C)c1C(=O)O. The van der Waals surface area contributed by atoms with Crippen LogP contribution >= 0.6 is 0 Å². The van der Waals surface area contributed by atoms with E-state index in [1.165, 1.54) is 12.1 Å². The van der Waals surface area contributed by atoms with Crippen molar-refractivity contribution < 1.29 is 29.0 Å². The topological polar surface area (TPSA) is 102 Å². The zero-order chi connectivity index (χ0) is 16.9. The van der Waals surface area contributed by atoms with Crippen LogP contribution in [0.15, 0.2) is 12.1 Å². The second-order valence-electron chi connectivity index (χ2n) is 5.65. The van der Waals surface area contributed by atoms with Crippen LogP contribution in [-0.2, 0) is 16.1 Å². The predicted octanol–water partition coefficient (Wildman–Crippen LogP) is 2.25. The fourth-order valence-electron chi connectivity index (χ4n) is 1.87. The highest BCUT2D eigenvalue weighted by Crippen LogP contribution is 2.22. The highest BCUT2D eigenvalue weighted by Gasteiger charge is 2.19. The lowest BCUT2D eigenvalue weighted by atomic mass is 10.0. The number of carbonyl (C=O) groups is 3. The number of rotatable bonds is 5. The number of amides is 1. The Labute approximate surface area is 128 Å². The van der Waals surface area contributed by atoms with Crippen molar-refractivity contribution in [2.75, 3.05) is 0 Å². The molecule has 0 spiro atoms. The molecule has 0 heterocycles. The zero-order valence-electron chi connectivity index (χ0n) is 12.9. The third kappa shape index (κ3) is 5.08. The van der Waals surface area contributed by atoms with Crippen molar-refractivity contribution in [3.05, 3.63) is 28.8 Å². The first-order valence-electron chi connectivity index (χ1n) is 6.58. The Balaban J connectivity index is 2.98. The number of aromatic carboxylic acids is 1. The number of benzene rings is 1. The zero-order valence-corrected chi connectivity index (χ0v) is 12.9. The Morgan fingerprint density at radius 1 is 1.32 bits per heavy atom. The normalized spacial score (nSPS) is 10.7. The largest absolute Gasteiger partial charge is 0.478 e. The number of ether oxygens (including phenoxy) is 2. The molecular weight excluding hydrogens is 290 g/mol. The molecule has 0 aromatic heterocycles. The van der Waals surface area contributed by atoms with Crippen molar-refractivity contribution in [1.82, 2.24) is 5.32 Å². The lowest BCUT2D eigenvalue weighted by molar-refractivity contribution is -0.120. The van der Waals surface area contributed by atoms with Crippen LogP contribution in [0, 0.1) is 6.92 Å². The molecule has 0 saturated heterocycles. The summed E-state index contributed by atoms with van der Waals surface area (Å²) in [5, 5.41) is 11.7. The summed E-state index contributed by atoms with van der Waals surface area (Å²) in [6.45, 7) is 6.93. The molecule has 0 aliphatic carbocycles. The number of carboxylic acids is 1. The van der Waals surface area contributed by atoms with Crippen molar-refractivity contribution in [3.8, 4) is 5.75 Å². The molecule has 1 aromatic rings. The van der Waals surface area contributed by atoms with E-state index in [9.17, 15) is 19.5 Å². The van der Waals surface area contributed by atoms with Gasteiger partial charge in [0.2, 0.25) is 0 Å². The summed E-state index contributed by atoms with van der Waals surface area (Å²) in [6, 6.07) is 2.83. The molecule has 7 heteroatoms. The summed E-state index contributed by atoms with van der Waals surface area (Å²) < 4.78 is 9.81. The number of carboxylic acid groups (broad SMARTS) is 1. The van der Waals surface area contributed by atoms with Gasteiger partial charge in [0.15, 0.2) is 0 Å². The number of hydrogen-bond acceptors (Lipinski definition) is 5. The Morgan fingerprint density at radius 3 is 2.45 bits per heavy atom. The monoisotopic (exact) mass is 309 g/mol. The predicted molar refractivity (Wildman–Crippen MR) is 77.9 cm³/mol. The molecule has 1 rings (SSSR count). The van der Waals surface area contributed by atoms with Gasteiger partial charge < -0.3 is 19.9 Å². The standard InChI is InChI=1S/C15H19NO6/c1-9-5-11(21-8-17)6-10(12(9)13(18)19)7-16-14(20)22-15(2,3)4/h5-6,8H,7H2,1-4H3,(H,16,20)(H,18,19). The molecule has 0 saturated carbocycles. The van der Waals surface area contributed by atoms with Gasteiger partial charge in [0.1, 0.15) is 11.4 Å². The molecule has 0 aliphatic rings. The minimum atomic E-state index is -1.13. The van der Waals surface area contributed by atoms with Crippen LogP contribution < -0.4 is 10.1 Å². The van der Waals surface area contributed by atoms with Crippen LogP contribution in [0.4, 0.5) is 4.79 Å². The van der Waals surface area contributed by atoms with Gasteiger partial charge in [0.05, 0.1) is 5.56 Å². The molecule has 120 valence electrons. The van der Waals surface area contributed by atoms with E-state index in [1.807, 2.05) is 0 Å². The van der Waals surface area contributed by atoms with E-state index in [0.29, 0.717) is 11.1 Å². The highest BCUT2D eigenvalue weighted by molar-refractivity contribution is 5.91. The molecule has 0 bridgehead atoms. The summed E-state index contributed by atoms with van der Waals surface area (Å²) in [4.78, 5) is 33.4. The lowest BCUT2D eigenvalue weighted by Crippen LogP contribution is -2.32. The van der Waals surface area contributed by atoms with E-state index in [2.05, 4.69) is 5.32 Å². The van der Waals surface area contributed by atoms with E-state index < -0.39 is 17.7 Å². The van der Waals surface area contributed by atoms with Crippen LogP contribution in [0.1, 0.15) is 42.3 Å². The Morgan fingerprint density at radius 2 is 1.95 bits per heavy atom. The van der Waals surface area contributed by atoms with Gasteiger partial charge in [-0.05, 0) is 51.0 Å². The summed E-state index contributed by atoms with van der Waals surface area (Å²) in [6.07, 6.45) is -0.664. The van der Waals surface area contributed by atoms with E-state index in [-0.39, 0.29) is 24.3 Å². The maximum Gasteiger partial charge on any atom is 0.407 e. The van der Waals surface area contributed by atoms with E-state index in [0.717, 1.165) is 0 Å². The van der Waals surface area contributed by atoms with Crippen molar-refractivity contribution in [3.63, 3.8) is 0 Å². The van der Waals surface area contributed by atoms with Crippen LogP contribution in [0.5, 0.6) is 5.75 Å². The summed E-state index contributed by atoms with van der Waals surface area (Å²) in [7, 11) is 0. The van der Waals surface area contributed by atoms with Crippen molar-refractivity contribution in [1.29, 1.82) is 0 Å². The van der Waals surface area contributed by atoms with Gasteiger partial charge in [-0.3, -0.25) is 4.79 Å². The third-order valence-electron chi connectivity index (χ3n) is 2.61. The Kier molecular flexibility index (Phi) is 5.50. The van der Waals surface area contributed by atoms with Crippen LogP contribution in [0.3, 0.4) is 0 Å². The molecule has 1 amide bonds. The maximum atomic E-state index is 11.6. The average molecular weight is 309 g/mol. The van der Waals surface area contributed by atoms with Gasteiger partial charge in [-0.15, -0.1) is 0 Å². The number of aryl methyl sites for hydroxylation is 1. The first-order valence-corrected chi connectivity index (χ1v) is 6.58. The van der Waals surface area contributed by atoms with Crippen molar-refractivity contribution in [2.45, 2.75) is 39.8 Å². The van der Waals surface area contributed by atoms with Crippen molar-refractivity contribution >= 4 is 18.5 Å². The number of hydrogen-bond donors (Lipinski definition) is 2. The number of carbonyl (C=O) groups excluding carboxylic acids is 2. The minimum Gasteiger partial charge on any atom is -0.478 e. The van der Waals surface area contributed by atoms with Crippen LogP contribution in [0.2, 0.25) is 0 Å². The van der Waals surface area contributed by atoms with Crippen LogP contribution in [-0.4, -0.2) is 29.2 Å². The van der Waals surface area contributed by atoms with E-state index >= 15 is 0 Å². The minimum absolute atomic E-state index is 0.0503. The molecule has 0 aliphatic heterocycles. The molecule has 0 atom stereocenters. The fourth-order valence-corrected chi connectivity index (χ4v) is 1.87. The van der Waals surface area contributed by atoms with Gasteiger partial charge >= 0.3 is 12.1 Å². The first kappa shape index (κ1) is 17.5. The summed E-state index contributed by atoms with van der Waals surface area (Å²) >= 11 is 0. The smallest absolute Gasteiger partial charge is 0.407 e. The molecular formula is C15H19NO6. The second-order valence-corrected chi connectivity index (χ2v) is 5.65. The quantitative estimate of drug-likeness (QED) is 0.809. The van der Waals surface area contributed by atoms with Gasteiger partial charge in [0.25, 0.3) is 6.47 Å². The molecule has 0 radical (unpaired) electrons. The van der Waals surface area contributed by atoms with Gasteiger partial charge in [0, 0.05) is 6.54 Å². The summed E-state index contributed by atoms with van der Waals surface area (Å²) in [5.41, 5.74) is 0.135. The molecule has 1 aromatic carbocycles. The Bertz CT molecular complexity index is 588. The summed E-state index contributed by atoms with van der Waals surface area (Å²) in [5.74, 6) is -0.922. The van der Waals surface area contributed by atoms with Gasteiger partial charge in [-0.1, -0.05) is 0 Å². The number of alkyl carbamates (subject to hydrolysis) is 1. The fraction of sp³-hybridized carbons (Fsp3) is 0.400. The molecule has 0 fully saturated rings. The van der Waals surface area contributed by atoms with Crippen LogP contribution in [0.25, 0.3) is 0 Å². The van der Waals surface area contributed by atoms with Gasteiger partial charge in [-0.25, -0.2) is 9.59 Å². The molecule has 0 unspecified atom stereocenters. The second kappa shape index (κ2) is 6.93. The average Bonchev–Trinajstić information content (AvgIpc) is 2.33. The maximum absolute atomic E-state index is 11.6. The van der Waals surface area contributed by atoms with E-state index in [4.69, 9.17) is 9.47 Å². The Hall–Kier alpha value is -2.57. The molecule has 7 nitrogen and oxygen atoms in total. The molecule has 22 heavy (non-hydrogen) atoms. The third-order valence-corrected chi connectivity index (χ3v) is 2.61. The van der Waals surface area contributed by atoms with Gasteiger partial charge in [-0.2, -0.15) is 0 Å². The number of nitrogens with one attached hydrogen (secondary N) is 1. The van der Waals surface area contributed by atoms with E-state index in [1.54, 1.807) is 27.7 Å². The molecule has 2 N–H and O–H groups in total. The first-order chi connectivity index (χ1) is 10.1.